The van der Waals surface area contributed by atoms with Gasteiger partial charge in [-0.1, -0.05) is 12.6 Å². The molecule has 76 valence electrons. The second-order valence-corrected chi connectivity index (χ2v) is 2.90. The van der Waals surface area contributed by atoms with Gasteiger partial charge in [0.2, 0.25) is 0 Å². The average molecular weight is 213 g/mol. The minimum Gasteiger partial charge on any atom is -0.497 e. The van der Waals surface area contributed by atoms with Gasteiger partial charge < -0.3 is 14.8 Å². The van der Waals surface area contributed by atoms with E-state index in [9.17, 15) is 4.79 Å². The zero-order valence-corrected chi connectivity index (χ0v) is 8.80. The van der Waals surface area contributed by atoms with Crippen molar-refractivity contribution >= 4 is 23.6 Å². The molecule has 0 saturated carbocycles. The minimum atomic E-state index is -0.437. The van der Waals surface area contributed by atoms with Gasteiger partial charge in [-0.15, -0.1) is 0 Å². The fraction of sp³-hybridized carbons (Fsp3) is 0.222. The number of anilines is 1. The second-order valence-electron chi connectivity index (χ2n) is 2.50. The van der Waals surface area contributed by atoms with Gasteiger partial charge in [0.15, 0.2) is 0 Å². The SMILES string of the molecule is COc1ccc(NC(=O)S)c(OC)c1. The highest BCUT2D eigenvalue weighted by molar-refractivity contribution is 7.96. The summed E-state index contributed by atoms with van der Waals surface area (Å²) in [5.41, 5.74) is 0.563. The lowest BCUT2D eigenvalue weighted by Gasteiger charge is -2.09. The molecular formula is C9H11NO3S. The van der Waals surface area contributed by atoms with Crippen LogP contribution in [-0.4, -0.2) is 19.5 Å². The first kappa shape index (κ1) is 10.7. The molecule has 0 bridgehead atoms. The fourth-order valence-electron chi connectivity index (χ4n) is 1.02. The summed E-state index contributed by atoms with van der Waals surface area (Å²) in [4.78, 5) is 10.7. The maximum absolute atomic E-state index is 10.7. The number of rotatable bonds is 3. The molecule has 0 aliphatic heterocycles. The summed E-state index contributed by atoms with van der Waals surface area (Å²) in [5.74, 6) is 1.20. The molecule has 0 spiro atoms. The lowest BCUT2D eigenvalue weighted by molar-refractivity contribution is 0.270. The van der Waals surface area contributed by atoms with Crippen molar-refractivity contribution in [2.24, 2.45) is 0 Å². The van der Waals surface area contributed by atoms with Crippen molar-refractivity contribution in [2.45, 2.75) is 0 Å². The lowest BCUT2D eigenvalue weighted by Crippen LogP contribution is -2.03. The number of carbonyl (C=O) groups excluding carboxylic acids is 1. The van der Waals surface area contributed by atoms with E-state index in [-0.39, 0.29) is 0 Å². The van der Waals surface area contributed by atoms with Crippen LogP contribution in [0.15, 0.2) is 18.2 Å². The van der Waals surface area contributed by atoms with Crippen LogP contribution in [0.1, 0.15) is 0 Å². The number of carbonyl (C=O) groups is 1. The van der Waals surface area contributed by atoms with Crippen molar-refractivity contribution in [3.63, 3.8) is 0 Å². The molecule has 0 unspecified atom stereocenters. The quantitative estimate of drug-likeness (QED) is 0.756. The van der Waals surface area contributed by atoms with E-state index in [2.05, 4.69) is 17.9 Å². The van der Waals surface area contributed by atoms with E-state index in [4.69, 9.17) is 9.47 Å². The molecule has 0 aliphatic rings. The van der Waals surface area contributed by atoms with Crippen LogP contribution in [-0.2, 0) is 0 Å². The topological polar surface area (TPSA) is 47.6 Å². The van der Waals surface area contributed by atoms with Crippen LogP contribution in [0.5, 0.6) is 11.5 Å². The summed E-state index contributed by atoms with van der Waals surface area (Å²) in [5, 5.41) is 2.08. The van der Waals surface area contributed by atoms with Gasteiger partial charge in [0.05, 0.1) is 19.9 Å². The normalized spacial score (nSPS) is 9.36. The van der Waals surface area contributed by atoms with Crippen LogP contribution < -0.4 is 14.8 Å². The summed E-state index contributed by atoms with van der Waals surface area (Å²) in [6.07, 6.45) is 0. The Morgan fingerprint density at radius 2 is 2.07 bits per heavy atom. The molecular weight excluding hydrogens is 202 g/mol. The molecule has 14 heavy (non-hydrogen) atoms. The van der Waals surface area contributed by atoms with Gasteiger partial charge in [0.25, 0.3) is 5.24 Å². The van der Waals surface area contributed by atoms with Crippen molar-refractivity contribution in [3.8, 4) is 11.5 Å². The summed E-state index contributed by atoms with van der Waals surface area (Å²) in [6.45, 7) is 0. The summed E-state index contributed by atoms with van der Waals surface area (Å²) in [6, 6.07) is 5.09. The first-order valence-electron chi connectivity index (χ1n) is 3.89. The van der Waals surface area contributed by atoms with Crippen molar-refractivity contribution < 1.29 is 14.3 Å². The van der Waals surface area contributed by atoms with Gasteiger partial charge in [0, 0.05) is 6.07 Å². The Bertz CT molecular complexity index is 341. The fourth-order valence-corrected chi connectivity index (χ4v) is 1.14. The van der Waals surface area contributed by atoms with E-state index >= 15 is 0 Å². The summed E-state index contributed by atoms with van der Waals surface area (Å²) < 4.78 is 10.1. The number of amides is 1. The molecule has 1 aromatic carbocycles. The highest BCUT2D eigenvalue weighted by Gasteiger charge is 2.05. The molecule has 5 heteroatoms. The molecule has 1 rings (SSSR count). The Labute approximate surface area is 87.6 Å². The van der Waals surface area contributed by atoms with Gasteiger partial charge >= 0.3 is 0 Å². The molecule has 4 nitrogen and oxygen atoms in total. The highest BCUT2D eigenvalue weighted by Crippen LogP contribution is 2.29. The Kier molecular flexibility index (Phi) is 3.64. The Morgan fingerprint density at radius 3 is 2.57 bits per heavy atom. The van der Waals surface area contributed by atoms with E-state index in [1.807, 2.05) is 0 Å². The predicted octanol–water partition coefficient (Wildman–Crippen LogP) is 2.17. The van der Waals surface area contributed by atoms with Crippen LogP contribution in [0.2, 0.25) is 0 Å². The first-order chi connectivity index (χ1) is 6.67. The molecule has 0 heterocycles. The van der Waals surface area contributed by atoms with E-state index in [1.165, 1.54) is 7.11 Å². The number of benzene rings is 1. The number of nitrogens with one attached hydrogen (secondary N) is 1. The van der Waals surface area contributed by atoms with Crippen molar-refractivity contribution in [1.29, 1.82) is 0 Å². The zero-order chi connectivity index (χ0) is 10.6. The van der Waals surface area contributed by atoms with Crippen LogP contribution in [0.3, 0.4) is 0 Å². The van der Waals surface area contributed by atoms with E-state index in [0.29, 0.717) is 17.2 Å². The van der Waals surface area contributed by atoms with E-state index in [0.717, 1.165) is 0 Å². The van der Waals surface area contributed by atoms with Gasteiger partial charge in [-0.25, -0.2) is 0 Å². The largest absolute Gasteiger partial charge is 0.497 e. The molecule has 0 radical (unpaired) electrons. The molecule has 1 N–H and O–H groups in total. The molecule has 0 atom stereocenters. The van der Waals surface area contributed by atoms with Crippen molar-refractivity contribution in [3.05, 3.63) is 18.2 Å². The highest BCUT2D eigenvalue weighted by atomic mass is 32.1. The molecule has 1 amide bonds. The molecule has 0 saturated heterocycles. The van der Waals surface area contributed by atoms with Crippen LogP contribution in [0, 0.1) is 0 Å². The summed E-state index contributed by atoms with van der Waals surface area (Å²) >= 11 is 3.61. The Hall–Kier alpha value is -1.36. The van der Waals surface area contributed by atoms with E-state index < -0.39 is 5.24 Å². The number of thiol groups is 1. The second kappa shape index (κ2) is 4.76. The third-order valence-corrected chi connectivity index (χ3v) is 1.76. The molecule has 0 aliphatic carbocycles. The smallest absolute Gasteiger partial charge is 0.280 e. The Morgan fingerprint density at radius 1 is 1.36 bits per heavy atom. The average Bonchev–Trinajstić information content (AvgIpc) is 2.17. The first-order valence-corrected chi connectivity index (χ1v) is 4.34. The van der Waals surface area contributed by atoms with Gasteiger partial charge in [0.1, 0.15) is 11.5 Å². The number of hydrogen-bond acceptors (Lipinski definition) is 3. The molecule has 0 fully saturated rings. The van der Waals surface area contributed by atoms with Gasteiger partial charge in [-0.3, -0.25) is 4.79 Å². The molecule has 1 aromatic rings. The monoisotopic (exact) mass is 213 g/mol. The van der Waals surface area contributed by atoms with Crippen LogP contribution in [0.25, 0.3) is 0 Å². The lowest BCUT2D eigenvalue weighted by atomic mass is 10.3. The third-order valence-electron chi connectivity index (χ3n) is 1.65. The summed E-state index contributed by atoms with van der Waals surface area (Å²) in [7, 11) is 3.08. The zero-order valence-electron chi connectivity index (χ0n) is 7.90. The Balaban J connectivity index is 2.98. The molecule has 0 aromatic heterocycles. The van der Waals surface area contributed by atoms with Crippen molar-refractivity contribution in [2.75, 3.05) is 19.5 Å². The third kappa shape index (κ3) is 2.56. The number of ether oxygens (including phenoxy) is 2. The van der Waals surface area contributed by atoms with Crippen molar-refractivity contribution in [1.82, 2.24) is 0 Å². The van der Waals surface area contributed by atoms with Gasteiger partial charge in [-0.05, 0) is 12.1 Å². The predicted molar refractivity (Wildman–Crippen MR) is 57.6 cm³/mol. The van der Waals surface area contributed by atoms with E-state index in [1.54, 1.807) is 25.3 Å². The van der Waals surface area contributed by atoms with Crippen LogP contribution >= 0.6 is 12.6 Å². The number of methoxy groups -OCH3 is 2. The standard InChI is InChI=1S/C9H11NO3S/c1-12-6-3-4-7(10-9(11)14)8(5-6)13-2/h3-5H,1-2H3,(H2,10,11,14). The maximum atomic E-state index is 10.7. The maximum Gasteiger partial charge on any atom is 0.280 e. The van der Waals surface area contributed by atoms with Crippen LogP contribution in [0.4, 0.5) is 10.5 Å². The van der Waals surface area contributed by atoms with Gasteiger partial charge in [-0.2, -0.15) is 0 Å². The number of hydrogen-bond donors (Lipinski definition) is 2. The minimum absolute atomic E-state index is 0.437.